The van der Waals surface area contributed by atoms with Crippen LogP contribution in [0.4, 0.5) is 4.79 Å². The van der Waals surface area contributed by atoms with Crippen LogP contribution >= 0.6 is 11.6 Å². The van der Waals surface area contributed by atoms with Crippen LogP contribution in [0, 0.1) is 0 Å². The Balaban J connectivity index is 1.79. The summed E-state index contributed by atoms with van der Waals surface area (Å²) in [6, 6.07) is 17.6. The number of ether oxygens (including phenoxy) is 1. The average Bonchev–Trinajstić information content (AvgIpc) is 3.04. The van der Waals surface area contributed by atoms with Crippen LogP contribution in [0.5, 0.6) is 0 Å². The first-order chi connectivity index (χ1) is 13.7. The SMILES string of the molecule is CC(C)(C)OC(=O)N1C[C@@H](O)[C@H](N(Cc2ccccc2)Cc2ccccc2Cl)C1. The summed E-state index contributed by atoms with van der Waals surface area (Å²) in [7, 11) is 0. The third-order valence-electron chi connectivity index (χ3n) is 4.94. The van der Waals surface area contributed by atoms with Crippen LogP contribution < -0.4 is 0 Å². The smallest absolute Gasteiger partial charge is 0.410 e. The van der Waals surface area contributed by atoms with Gasteiger partial charge in [0.25, 0.3) is 0 Å². The minimum absolute atomic E-state index is 0.209. The van der Waals surface area contributed by atoms with Crippen LogP contribution in [-0.2, 0) is 17.8 Å². The van der Waals surface area contributed by atoms with Crippen molar-refractivity contribution < 1.29 is 14.6 Å². The van der Waals surface area contributed by atoms with Crippen LogP contribution in [-0.4, -0.2) is 51.8 Å². The molecule has 0 bridgehead atoms. The predicted octanol–water partition coefficient (Wildman–Crippen LogP) is 4.32. The highest BCUT2D eigenvalue weighted by atomic mass is 35.5. The zero-order valence-electron chi connectivity index (χ0n) is 17.2. The third kappa shape index (κ3) is 5.95. The van der Waals surface area contributed by atoms with E-state index in [9.17, 15) is 9.90 Å². The number of halogens is 1. The summed E-state index contributed by atoms with van der Waals surface area (Å²) in [5, 5.41) is 11.5. The van der Waals surface area contributed by atoms with Crippen LogP contribution in [0.2, 0.25) is 5.02 Å². The molecular formula is C23H29ClN2O3. The Hall–Kier alpha value is -2.08. The lowest BCUT2D eigenvalue weighted by Crippen LogP contribution is -2.43. The highest BCUT2D eigenvalue weighted by Crippen LogP contribution is 2.25. The normalized spacial score (nSPS) is 19.6. The van der Waals surface area contributed by atoms with Crippen LogP contribution in [0.15, 0.2) is 54.6 Å². The summed E-state index contributed by atoms with van der Waals surface area (Å²) < 4.78 is 5.49. The van der Waals surface area contributed by atoms with Gasteiger partial charge in [0, 0.05) is 24.7 Å². The maximum absolute atomic E-state index is 12.5. The molecule has 156 valence electrons. The van der Waals surface area contributed by atoms with E-state index in [0.29, 0.717) is 24.7 Å². The lowest BCUT2D eigenvalue weighted by Gasteiger charge is -2.31. The average molecular weight is 417 g/mol. The monoisotopic (exact) mass is 416 g/mol. The largest absolute Gasteiger partial charge is 0.444 e. The second-order valence-electron chi connectivity index (χ2n) is 8.50. The van der Waals surface area contributed by atoms with E-state index in [0.717, 1.165) is 11.1 Å². The number of likely N-dealkylation sites (tertiary alicyclic amines) is 1. The molecule has 0 saturated carbocycles. The fraction of sp³-hybridized carbons (Fsp3) is 0.435. The Labute approximate surface area is 177 Å². The summed E-state index contributed by atoms with van der Waals surface area (Å²) in [4.78, 5) is 16.3. The Morgan fingerprint density at radius 2 is 1.76 bits per heavy atom. The standard InChI is InChI=1S/C23H29ClN2O3/c1-23(2,3)29-22(28)26-15-20(21(27)16-26)25(13-17-9-5-4-6-10-17)14-18-11-7-8-12-19(18)24/h4-12,20-21,27H,13-16H2,1-3H3/t20-,21-/m1/s1. The summed E-state index contributed by atoms with van der Waals surface area (Å²) in [6.07, 6.45) is -1.05. The van der Waals surface area contributed by atoms with Crippen LogP contribution in [0.25, 0.3) is 0 Å². The first-order valence-corrected chi connectivity index (χ1v) is 10.3. The van der Waals surface area contributed by atoms with Crippen molar-refractivity contribution in [2.45, 2.75) is 51.6 Å². The number of β-amino-alcohol motifs (C(OH)–C–C–N with tert-alkyl or cyclic N) is 1. The molecule has 1 fully saturated rings. The van der Waals surface area contributed by atoms with Crippen molar-refractivity contribution in [2.24, 2.45) is 0 Å². The molecule has 2 aromatic rings. The first-order valence-electron chi connectivity index (χ1n) is 9.90. The number of benzene rings is 2. The van der Waals surface area contributed by atoms with E-state index < -0.39 is 17.8 Å². The number of aliphatic hydroxyl groups is 1. The minimum Gasteiger partial charge on any atom is -0.444 e. The second kappa shape index (κ2) is 9.16. The molecule has 0 radical (unpaired) electrons. The molecule has 0 aromatic heterocycles. The molecule has 0 aliphatic carbocycles. The number of aliphatic hydroxyl groups excluding tert-OH is 1. The summed E-state index contributed by atoms with van der Waals surface area (Å²) in [6.45, 7) is 7.42. The van der Waals surface area contributed by atoms with Gasteiger partial charge in [0.2, 0.25) is 0 Å². The molecular weight excluding hydrogens is 388 g/mol. The van der Waals surface area contributed by atoms with Crippen molar-refractivity contribution in [1.82, 2.24) is 9.80 Å². The van der Waals surface area contributed by atoms with Gasteiger partial charge in [-0.25, -0.2) is 4.79 Å². The molecule has 1 heterocycles. The number of carbonyl (C=O) groups excluding carboxylic acids is 1. The number of carbonyl (C=O) groups is 1. The Kier molecular flexibility index (Phi) is 6.83. The van der Waals surface area contributed by atoms with Gasteiger partial charge in [-0.05, 0) is 38.0 Å². The van der Waals surface area contributed by atoms with E-state index >= 15 is 0 Å². The Morgan fingerprint density at radius 3 is 2.41 bits per heavy atom. The highest BCUT2D eigenvalue weighted by molar-refractivity contribution is 6.31. The zero-order chi connectivity index (χ0) is 21.0. The Morgan fingerprint density at radius 1 is 1.10 bits per heavy atom. The van der Waals surface area contributed by atoms with Gasteiger partial charge < -0.3 is 14.7 Å². The van der Waals surface area contributed by atoms with Gasteiger partial charge in [-0.2, -0.15) is 0 Å². The van der Waals surface area contributed by atoms with E-state index in [-0.39, 0.29) is 12.6 Å². The van der Waals surface area contributed by atoms with Gasteiger partial charge in [-0.15, -0.1) is 0 Å². The van der Waals surface area contributed by atoms with Crippen molar-refractivity contribution in [3.63, 3.8) is 0 Å². The van der Waals surface area contributed by atoms with E-state index in [1.165, 1.54) is 0 Å². The van der Waals surface area contributed by atoms with Gasteiger partial charge in [0.05, 0.1) is 18.7 Å². The van der Waals surface area contributed by atoms with Crippen LogP contribution in [0.3, 0.4) is 0 Å². The summed E-state index contributed by atoms with van der Waals surface area (Å²) >= 11 is 6.39. The number of nitrogens with zero attached hydrogens (tertiary/aromatic N) is 2. The lowest BCUT2D eigenvalue weighted by molar-refractivity contribution is 0.0269. The quantitative estimate of drug-likeness (QED) is 0.788. The van der Waals surface area contributed by atoms with E-state index in [1.54, 1.807) is 4.90 Å². The van der Waals surface area contributed by atoms with Gasteiger partial charge in [0.15, 0.2) is 0 Å². The molecule has 29 heavy (non-hydrogen) atoms. The molecule has 1 aliphatic heterocycles. The molecule has 6 heteroatoms. The van der Waals surface area contributed by atoms with Gasteiger partial charge in [-0.1, -0.05) is 60.1 Å². The van der Waals surface area contributed by atoms with Gasteiger partial charge >= 0.3 is 6.09 Å². The molecule has 2 atom stereocenters. The van der Waals surface area contributed by atoms with E-state index in [2.05, 4.69) is 17.0 Å². The molecule has 0 unspecified atom stereocenters. The van der Waals surface area contributed by atoms with E-state index in [4.69, 9.17) is 16.3 Å². The predicted molar refractivity (Wildman–Crippen MR) is 115 cm³/mol. The van der Waals surface area contributed by atoms with Crippen molar-refractivity contribution >= 4 is 17.7 Å². The van der Waals surface area contributed by atoms with Crippen molar-refractivity contribution in [3.8, 4) is 0 Å². The van der Waals surface area contributed by atoms with Crippen molar-refractivity contribution in [1.29, 1.82) is 0 Å². The Bertz CT molecular complexity index is 822. The maximum Gasteiger partial charge on any atom is 0.410 e. The maximum atomic E-state index is 12.5. The summed E-state index contributed by atoms with van der Waals surface area (Å²) in [5.74, 6) is 0. The summed E-state index contributed by atoms with van der Waals surface area (Å²) in [5.41, 5.74) is 1.57. The number of amides is 1. The number of rotatable bonds is 5. The molecule has 1 saturated heterocycles. The molecule has 1 amide bonds. The van der Waals surface area contributed by atoms with Crippen molar-refractivity contribution in [3.05, 3.63) is 70.7 Å². The van der Waals surface area contributed by atoms with Gasteiger partial charge in [-0.3, -0.25) is 4.90 Å². The molecule has 2 aromatic carbocycles. The zero-order valence-corrected chi connectivity index (χ0v) is 18.0. The molecule has 0 spiro atoms. The first kappa shape index (κ1) is 21.6. The molecule has 1 aliphatic rings. The number of hydrogen-bond donors (Lipinski definition) is 1. The molecule has 3 rings (SSSR count). The highest BCUT2D eigenvalue weighted by Gasteiger charge is 2.39. The lowest BCUT2D eigenvalue weighted by atomic mass is 10.1. The van der Waals surface area contributed by atoms with Crippen molar-refractivity contribution in [2.75, 3.05) is 13.1 Å². The molecule has 1 N–H and O–H groups in total. The topological polar surface area (TPSA) is 53.0 Å². The second-order valence-corrected chi connectivity index (χ2v) is 8.91. The van der Waals surface area contributed by atoms with E-state index in [1.807, 2.05) is 63.2 Å². The van der Waals surface area contributed by atoms with Crippen LogP contribution in [0.1, 0.15) is 31.9 Å². The fourth-order valence-corrected chi connectivity index (χ4v) is 3.75. The minimum atomic E-state index is -0.659. The molecule has 5 nitrogen and oxygen atoms in total. The van der Waals surface area contributed by atoms with Gasteiger partial charge in [0.1, 0.15) is 5.60 Å². The number of hydrogen-bond acceptors (Lipinski definition) is 4. The third-order valence-corrected chi connectivity index (χ3v) is 5.31. The fourth-order valence-electron chi connectivity index (χ4n) is 3.56.